The maximum atomic E-state index is 11.5. The molecule has 2 aromatic heterocycles. The minimum atomic E-state index is -0.0710. The van der Waals surface area contributed by atoms with E-state index in [0.29, 0.717) is 11.7 Å². The van der Waals surface area contributed by atoms with Crippen LogP contribution in [0.4, 0.5) is 5.82 Å². The smallest absolute Gasteiger partial charge is 0.252 e. The van der Waals surface area contributed by atoms with Gasteiger partial charge in [0.2, 0.25) is 0 Å². The van der Waals surface area contributed by atoms with Gasteiger partial charge in [-0.3, -0.25) is 4.79 Å². The number of hydrogen-bond acceptors (Lipinski definition) is 4. The summed E-state index contributed by atoms with van der Waals surface area (Å²) in [6.45, 7) is 0.785. The second-order valence-corrected chi connectivity index (χ2v) is 7.22. The largest absolute Gasteiger partial charge is 0.369 e. The highest BCUT2D eigenvalue weighted by molar-refractivity contribution is 9.11. The van der Waals surface area contributed by atoms with Crippen molar-refractivity contribution in [1.29, 1.82) is 0 Å². The van der Waals surface area contributed by atoms with Crippen molar-refractivity contribution in [3.8, 4) is 0 Å². The number of anilines is 1. The van der Waals surface area contributed by atoms with Crippen LogP contribution < -0.4 is 10.9 Å². The van der Waals surface area contributed by atoms with Crippen LogP contribution in [0.5, 0.6) is 0 Å². The quantitative estimate of drug-likeness (QED) is 0.879. The summed E-state index contributed by atoms with van der Waals surface area (Å²) in [5.74, 6) is 1.97. The fourth-order valence-electron chi connectivity index (χ4n) is 1.92. The summed E-state index contributed by atoms with van der Waals surface area (Å²) in [7, 11) is 0. The molecule has 1 aliphatic rings. The van der Waals surface area contributed by atoms with Crippen molar-refractivity contribution < 1.29 is 0 Å². The lowest BCUT2D eigenvalue weighted by Gasteiger charge is -2.05. The highest BCUT2D eigenvalue weighted by Crippen LogP contribution is 2.37. The van der Waals surface area contributed by atoms with Crippen molar-refractivity contribution in [2.75, 3.05) is 11.9 Å². The molecule has 1 fully saturated rings. The molecule has 0 spiro atoms. The standard InChI is InChI=1S/C13H14BrN3OS/c14-10-4-3-9(19-10)5-6-15-11-7-12(18)17-13(16-11)8-1-2-8/h3-4,7-8H,1-2,5-6H2,(H2,15,16,17,18). The summed E-state index contributed by atoms with van der Waals surface area (Å²) in [6.07, 6.45) is 3.20. The summed E-state index contributed by atoms with van der Waals surface area (Å²) in [5, 5.41) is 3.23. The summed E-state index contributed by atoms with van der Waals surface area (Å²) >= 11 is 5.18. The highest BCUT2D eigenvalue weighted by atomic mass is 79.9. The molecule has 1 saturated carbocycles. The predicted molar refractivity (Wildman–Crippen MR) is 81.0 cm³/mol. The van der Waals surface area contributed by atoms with E-state index < -0.39 is 0 Å². The maximum absolute atomic E-state index is 11.5. The first-order valence-electron chi connectivity index (χ1n) is 6.30. The van der Waals surface area contributed by atoms with Gasteiger partial charge in [-0.05, 0) is 47.3 Å². The zero-order valence-electron chi connectivity index (χ0n) is 10.3. The minimum absolute atomic E-state index is 0.0710. The number of aromatic amines is 1. The van der Waals surface area contributed by atoms with Gasteiger partial charge in [0.25, 0.3) is 5.56 Å². The Hall–Kier alpha value is -1.14. The summed E-state index contributed by atoms with van der Waals surface area (Å²) < 4.78 is 1.15. The van der Waals surface area contributed by atoms with Gasteiger partial charge in [-0.2, -0.15) is 0 Å². The molecular weight excluding hydrogens is 326 g/mol. The Labute approximate surface area is 123 Å². The van der Waals surface area contributed by atoms with Crippen LogP contribution in [0.3, 0.4) is 0 Å². The molecular formula is C13H14BrN3OS. The number of halogens is 1. The summed E-state index contributed by atoms with van der Waals surface area (Å²) in [4.78, 5) is 20.1. The van der Waals surface area contributed by atoms with Crippen LogP contribution in [0, 0.1) is 0 Å². The zero-order valence-corrected chi connectivity index (χ0v) is 12.7. The third-order valence-electron chi connectivity index (χ3n) is 3.03. The molecule has 0 amide bonds. The molecule has 0 atom stereocenters. The van der Waals surface area contributed by atoms with Crippen LogP contribution in [-0.2, 0) is 6.42 Å². The normalized spacial score (nSPS) is 14.6. The van der Waals surface area contributed by atoms with E-state index in [1.54, 1.807) is 11.3 Å². The highest BCUT2D eigenvalue weighted by Gasteiger charge is 2.26. The van der Waals surface area contributed by atoms with Crippen LogP contribution in [0.2, 0.25) is 0 Å². The molecule has 4 nitrogen and oxygen atoms in total. The Bertz CT molecular complexity index is 633. The van der Waals surface area contributed by atoms with E-state index in [-0.39, 0.29) is 5.56 Å². The molecule has 0 unspecified atom stereocenters. The molecule has 1 aliphatic carbocycles. The first kappa shape index (κ1) is 12.9. The van der Waals surface area contributed by atoms with E-state index >= 15 is 0 Å². The molecule has 0 bridgehead atoms. The Morgan fingerprint density at radius 2 is 2.32 bits per heavy atom. The van der Waals surface area contributed by atoms with Gasteiger partial charge in [-0.25, -0.2) is 4.98 Å². The van der Waals surface area contributed by atoms with E-state index in [1.807, 2.05) is 0 Å². The Kier molecular flexibility index (Phi) is 3.70. The van der Waals surface area contributed by atoms with E-state index in [1.165, 1.54) is 10.9 Å². The second kappa shape index (κ2) is 5.46. The maximum Gasteiger partial charge on any atom is 0.252 e. The lowest BCUT2D eigenvalue weighted by atomic mass is 10.3. The first-order chi connectivity index (χ1) is 9.20. The molecule has 2 N–H and O–H groups in total. The number of thiophene rings is 1. The van der Waals surface area contributed by atoms with Crippen molar-refractivity contribution in [2.45, 2.75) is 25.2 Å². The Balaban J connectivity index is 1.61. The summed E-state index contributed by atoms with van der Waals surface area (Å²) in [5.41, 5.74) is -0.0710. The third kappa shape index (κ3) is 3.45. The summed E-state index contributed by atoms with van der Waals surface area (Å²) in [6, 6.07) is 5.68. The molecule has 19 heavy (non-hydrogen) atoms. The monoisotopic (exact) mass is 339 g/mol. The first-order valence-corrected chi connectivity index (χ1v) is 7.91. The molecule has 6 heteroatoms. The zero-order chi connectivity index (χ0) is 13.2. The number of H-pyrrole nitrogens is 1. The van der Waals surface area contributed by atoms with Gasteiger partial charge < -0.3 is 10.3 Å². The van der Waals surface area contributed by atoms with E-state index in [2.05, 4.69) is 43.3 Å². The van der Waals surface area contributed by atoms with Crippen LogP contribution >= 0.6 is 27.3 Å². The predicted octanol–water partition coefficient (Wildman–Crippen LogP) is 3.13. The van der Waals surface area contributed by atoms with E-state index in [0.717, 1.165) is 35.4 Å². The Morgan fingerprint density at radius 1 is 1.47 bits per heavy atom. The average Bonchev–Trinajstić information content (AvgIpc) is 3.13. The van der Waals surface area contributed by atoms with Gasteiger partial charge in [0.05, 0.1) is 3.79 Å². The molecule has 0 saturated heterocycles. The molecule has 3 rings (SSSR count). The van der Waals surface area contributed by atoms with Crippen molar-refractivity contribution >= 4 is 33.1 Å². The SMILES string of the molecule is O=c1cc(NCCc2ccc(Br)s2)nc(C2CC2)[nH]1. The van der Waals surface area contributed by atoms with Crippen molar-refractivity contribution in [3.05, 3.63) is 43.0 Å². The lowest BCUT2D eigenvalue weighted by Crippen LogP contribution is -2.14. The Morgan fingerprint density at radius 3 is 3.00 bits per heavy atom. The van der Waals surface area contributed by atoms with Crippen molar-refractivity contribution in [2.24, 2.45) is 0 Å². The van der Waals surface area contributed by atoms with Gasteiger partial charge >= 0.3 is 0 Å². The lowest BCUT2D eigenvalue weighted by molar-refractivity contribution is 0.900. The van der Waals surface area contributed by atoms with Gasteiger partial charge in [-0.15, -0.1) is 11.3 Å². The topological polar surface area (TPSA) is 57.8 Å². The molecule has 0 aliphatic heterocycles. The van der Waals surface area contributed by atoms with Gasteiger partial charge in [0.1, 0.15) is 11.6 Å². The van der Waals surface area contributed by atoms with Crippen LogP contribution in [0.25, 0.3) is 0 Å². The van der Waals surface area contributed by atoms with E-state index in [4.69, 9.17) is 0 Å². The second-order valence-electron chi connectivity index (χ2n) is 4.67. The van der Waals surface area contributed by atoms with Gasteiger partial charge in [0.15, 0.2) is 0 Å². The fraction of sp³-hybridized carbons (Fsp3) is 0.385. The molecule has 2 aromatic rings. The average molecular weight is 340 g/mol. The van der Waals surface area contributed by atoms with Crippen molar-refractivity contribution in [1.82, 2.24) is 9.97 Å². The third-order valence-corrected chi connectivity index (χ3v) is 4.71. The number of rotatable bonds is 5. The van der Waals surface area contributed by atoms with Crippen LogP contribution in [0.15, 0.2) is 26.8 Å². The van der Waals surface area contributed by atoms with Crippen LogP contribution in [0.1, 0.15) is 29.5 Å². The number of hydrogen-bond donors (Lipinski definition) is 2. The fourth-order valence-corrected chi connectivity index (χ4v) is 3.40. The van der Waals surface area contributed by atoms with Gasteiger partial charge in [0, 0.05) is 23.4 Å². The van der Waals surface area contributed by atoms with Gasteiger partial charge in [-0.1, -0.05) is 0 Å². The number of aromatic nitrogens is 2. The molecule has 100 valence electrons. The number of nitrogens with one attached hydrogen (secondary N) is 2. The molecule has 0 radical (unpaired) electrons. The molecule has 0 aromatic carbocycles. The molecule has 2 heterocycles. The minimum Gasteiger partial charge on any atom is -0.369 e. The number of nitrogens with zero attached hydrogens (tertiary/aromatic N) is 1. The van der Waals surface area contributed by atoms with Crippen LogP contribution in [-0.4, -0.2) is 16.5 Å². The van der Waals surface area contributed by atoms with E-state index in [9.17, 15) is 4.79 Å². The van der Waals surface area contributed by atoms with Crippen molar-refractivity contribution in [3.63, 3.8) is 0 Å².